The van der Waals surface area contributed by atoms with Crippen molar-refractivity contribution in [3.05, 3.63) is 27.9 Å². The number of hydrogen-bond acceptors (Lipinski definition) is 5. The van der Waals surface area contributed by atoms with Crippen molar-refractivity contribution in [2.24, 2.45) is 0 Å². The number of hydrogen-bond donors (Lipinski definition) is 2. The van der Waals surface area contributed by atoms with Crippen LogP contribution in [0.1, 0.15) is 6.92 Å². The predicted molar refractivity (Wildman–Crippen MR) is 60.1 cm³/mol. The lowest BCUT2D eigenvalue weighted by molar-refractivity contribution is 0.942. The minimum atomic E-state index is -0.219. The van der Waals surface area contributed by atoms with Crippen LogP contribution in [0.3, 0.4) is 0 Å². The summed E-state index contributed by atoms with van der Waals surface area (Å²) in [6, 6.07) is 3.72. The molecule has 0 fully saturated rings. The molecule has 0 amide bonds. The predicted octanol–water partition coefficient (Wildman–Crippen LogP) is 1.33. The van der Waals surface area contributed by atoms with Gasteiger partial charge in [-0.25, -0.2) is 0 Å². The van der Waals surface area contributed by atoms with E-state index in [-0.39, 0.29) is 5.56 Å². The van der Waals surface area contributed by atoms with E-state index in [4.69, 9.17) is 0 Å². The summed E-state index contributed by atoms with van der Waals surface area (Å²) in [4.78, 5) is 15.1. The summed E-state index contributed by atoms with van der Waals surface area (Å²) >= 11 is 1.47. The molecule has 2 rings (SSSR count). The SMILES string of the molecule is CCNc1nnc(-c2cccs2)c(=O)[nH]1. The lowest BCUT2D eigenvalue weighted by Crippen LogP contribution is -2.16. The summed E-state index contributed by atoms with van der Waals surface area (Å²) in [7, 11) is 0. The lowest BCUT2D eigenvalue weighted by atomic mass is 10.4. The van der Waals surface area contributed by atoms with Crippen LogP contribution in [-0.2, 0) is 0 Å². The van der Waals surface area contributed by atoms with Crippen molar-refractivity contribution >= 4 is 17.3 Å². The number of rotatable bonds is 3. The largest absolute Gasteiger partial charge is 0.355 e. The van der Waals surface area contributed by atoms with Gasteiger partial charge in [-0.15, -0.1) is 21.5 Å². The van der Waals surface area contributed by atoms with Crippen LogP contribution in [0.2, 0.25) is 0 Å². The summed E-state index contributed by atoms with van der Waals surface area (Å²) in [5.74, 6) is 0.405. The Morgan fingerprint density at radius 1 is 1.53 bits per heavy atom. The Bertz CT molecular complexity index is 491. The van der Waals surface area contributed by atoms with Crippen LogP contribution >= 0.6 is 11.3 Å². The molecule has 2 heterocycles. The average molecular weight is 222 g/mol. The number of thiophene rings is 1. The molecule has 78 valence electrons. The second kappa shape index (κ2) is 4.22. The molecule has 0 saturated heterocycles. The molecule has 0 spiro atoms. The molecule has 2 aromatic rings. The molecule has 2 N–H and O–H groups in total. The Hall–Kier alpha value is -1.69. The van der Waals surface area contributed by atoms with Crippen molar-refractivity contribution in [3.8, 4) is 10.6 Å². The van der Waals surface area contributed by atoms with Crippen LogP contribution in [-0.4, -0.2) is 21.7 Å². The fraction of sp³-hybridized carbons (Fsp3) is 0.222. The smallest absolute Gasteiger partial charge is 0.279 e. The number of anilines is 1. The molecule has 0 aliphatic heterocycles. The van der Waals surface area contributed by atoms with Gasteiger partial charge in [0, 0.05) is 6.54 Å². The molecule has 0 aliphatic rings. The van der Waals surface area contributed by atoms with Gasteiger partial charge in [-0.1, -0.05) is 6.07 Å². The first kappa shape index (κ1) is 9.85. The highest BCUT2D eigenvalue weighted by Gasteiger charge is 2.07. The van der Waals surface area contributed by atoms with Crippen molar-refractivity contribution in [1.29, 1.82) is 0 Å². The zero-order valence-electron chi connectivity index (χ0n) is 8.15. The van der Waals surface area contributed by atoms with Crippen LogP contribution < -0.4 is 10.9 Å². The van der Waals surface area contributed by atoms with E-state index >= 15 is 0 Å². The molecule has 6 heteroatoms. The highest BCUT2D eigenvalue weighted by atomic mass is 32.1. The molecule has 0 aliphatic carbocycles. The van der Waals surface area contributed by atoms with Gasteiger partial charge in [-0.2, -0.15) is 0 Å². The summed E-state index contributed by atoms with van der Waals surface area (Å²) in [6.45, 7) is 2.62. The first-order valence-corrected chi connectivity index (χ1v) is 5.44. The maximum atomic E-state index is 11.6. The first-order chi connectivity index (χ1) is 7.31. The number of aromatic nitrogens is 3. The highest BCUT2D eigenvalue weighted by molar-refractivity contribution is 7.13. The van der Waals surface area contributed by atoms with E-state index < -0.39 is 0 Å². The van der Waals surface area contributed by atoms with Crippen LogP contribution in [0.15, 0.2) is 22.3 Å². The van der Waals surface area contributed by atoms with Crippen LogP contribution in [0.4, 0.5) is 5.95 Å². The number of aromatic amines is 1. The van der Waals surface area contributed by atoms with Gasteiger partial charge in [0.25, 0.3) is 5.56 Å². The van der Waals surface area contributed by atoms with Crippen molar-refractivity contribution in [3.63, 3.8) is 0 Å². The fourth-order valence-electron chi connectivity index (χ4n) is 1.16. The first-order valence-electron chi connectivity index (χ1n) is 4.56. The molecule has 0 saturated carbocycles. The molecule has 0 radical (unpaired) electrons. The van der Waals surface area contributed by atoms with Crippen molar-refractivity contribution in [1.82, 2.24) is 15.2 Å². The standard InChI is InChI=1S/C9H10N4OS/c1-2-10-9-11-8(14)7(12-13-9)6-4-3-5-15-6/h3-5H,2H2,1H3,(H2,10,11,13,14). The molecule has 2 aromatic heterocycles. The van der Waals surface area contributed by atoms with Crippen molar-refractivity contribution in [2.45, 2.75) is 6.92 Å². The Balaban J connectivity index is 2.40. The summed E-state index contributed by atoms with van der Waals surface area (Å²) in [6.07, 6.45) is 0. The van der Waals surface area contributed by atoms with E-state index in [1.165, 1.54) is 11.3 Å². The second-order valence-electron chi connectivity index (χ2n) is 2.86. The van der Waals surface area contributed by atoms with E-state index in [2.05, 4.69) is 20.5 Å². The molecule has 0 unspecified atom stereocenters. The monoisotopic (exact) mass is 222 g/mol. The van der Waals surface area contributed by atoms with Crippen LogP contribution in [0.5, 0.6) is 0 Å². The van der Waals surface area contributed by atoms with Gasteiger partial charge in [0.1, 0.15) is 0 Å². The van der Waals surface area contributed by atoms with Gasteiger partial charge >= 0.3 is 0 Å². The molecule has 0 atom stereocenters. The zero-order valence-corrected chi connectivity index (χ0v) is 8.97. The fourth-order valence-corrected chi connectivity index (χ4v) is 1.86. The summed E-state index contributed by atoms with van der Waals surface area (Å²) in [5.41, 5.74) is 0.148. The van der Waals surface area contributed by atoms with E-state index in [1.54, 1.807) is 0 Å². The molecular weight excluding hydrogens is 212 g/mol. The van der Waals surface area contributed by atoms with Gasteiger partial charge in [-0.3, -0.25) is 9.78 Å². The Morgan fingerprint density at radius 2 is 2.40 bits per heavy atom. The Labute approximate surface area is 90.2 Å². The quantitative estimate of drug-likeness (QED) is 0.821. The van der Waals surface area contributed by atoms with Crippen molar-refractivity contribution < 1.29 is 0 Å². The number of H-pyrrole nitrogens is 1. The minimum Gasteiger partial charge on any atom is -0.355 e. The molecule has 5 nitrogen and oxygen atoms in total. The lowest BCUT2D eigenvalue weighted by Gasteiger charge is -2.00. The molecular formula is C9H10N4OS. The topological polar surface area (TPSA) is 70.7 Å². The average Bonchev–Trinajstić information content (AvgIpc) is 2.71. The summed E-state index contributed by atoms with van der Waals surface area (Å²) in [5, 5.41) is 12.6. The Morgan fingerprint density at radius 3 is 3.00 bits per heavy atom. The van der Waals surface area contributed by atoms with Crippen LogP contribution in [0, 0.1) is 0 Å². The third-order valence-corrected chi connectivity index (χ3v) is 2.67. The highest BCUT2D eigenvalue weighted by Crippen LogP contribution is 2.18. The number of nitrogens with one attached hydrogen (secondary N) is 2. The van der Waals surface area contributed by atoms with Crippen LogP contribution in [0.25, 0.3) is 10.6 Å². The molecule has 0 bridgehead atoms. The van der Waals surface area contributed by atoms with E-state index in [9.17, 15) is 4.79 Å². The molecule has 0 aromatic carbocycles. The van der Waals surface area contributed by atoms with E-state index in [0.29, 0.717) is 18.2 Å². The van der Waals surface area contributed by atoms with Gasteiger partial charge in [0.2, 0.25) is 5.95 Å². The zero-order chi connectivity index (χ0) is 10.7. The third kappa shape index (κ3) is 2.04. The third-order valence-electron chi connectivity index (χ3n) is 1.80. The van der Waals surface area contributed by atoms with Gasteiger partial charge < -0.3 is 5.32 Å². The maximum Gasteiger partial charge on any atom is 0.279 e. The normalized spacial score (nSPS) is 10.2. The number of nitrogens with zero attached hydrogens (tertiary/aromatic N) is 2. The van der Waals surface area contributed by atoms with Crippen molar-refractivity contribution in [2.75, 3.05) is 11.9 Å². The van der Waals surface area contributed by atoms with Gasteiger partial charge in [0.15, 0.2) is 5.69 Å². The Kier molecular flexibility index (Phi) is 2.77. The van der Waals surface area contributed by atoms with E-state index in [1.807, 2.05) is 24.4 Å². The molecule has 15 heavy (non-hydrogen) atoms. The van der Waals surface area contributed by atoms with E-state index in [0.717, 1.165) is 4.88 Å². The maximum absolute atomic E-state index is 11.6. The summed E-state index contributed by atoms with van der Waals surface area (Å²) < 4.78 is 0. The minimum absolute atomic E-state index is 0.219. The van der Waals surface area contributed by atoms with Gasteiger partial charge in [0.05, 0.1) is 4.88 Å². The van der Waals surface area contributed by atoms with Gasteiger partial charge in [-0.05, 0) is 18.4 Å². The second-order valence-corrected chi connectivity index (χ2v) is 3.81.